The highest BCUT2D eigenvalue weighted by Crippen LogP contribution is 2.12. The lowest BCUT2D eigenvalue weighted by Crippen LogP contribution is -2.12. The van der Waals surface area contributed by atoms with Crippen LogP contribution in [0, 0.1) is 6.92 Å². The van der Waals surface area contributed by atoms with Crippen LogP contribution >= 0.6 is 0 Å². The smallest absolute Gasteiger partial charge is 0.105 e. The van der Waals surface area contributed by atoms with Crippen molar-refractivity contribution in [2.24, 2.45) is 0 Å². The molecule has 1 N–H and O–H groups in total. The topological polar surface area (TPSA) is 29.9 Å². The number of imidazole rings is 1. The van der Waals surface area contributed by atoms with Crippen molar-refractivity contribution in [2.45, 2.75) is 19.9 Å². The monoisotopic (exact) mass is 229 g/mol. The first kappa shape index (κ1) is 11.9. The van der Waals surface area contributed by atoms with Crippen molar-refractivity contribution >= 4 is 0 Å². The van der Waals surface area contributed by atoms with Gasteiger partial charge in [-0.15, -0.1) is 0 Å². The van der Waals surface area contributed by atoms with Gasteiger partial charge in [-0.2, -0.15) is 0 Å². The van der Waals surface area contributed by atoms with E-state index in [2.05, 4.69) is 39.1 Å². The summed E-state index contributed by atoms with van der Waals surface area (Å²) in [7, 11) is 1.99. The van der Waals surface area contributed by atoms with Crippen LogP contribution < -0.4 is 5.32 Å². The lowest BCUT2D eigenvalue weighted by Gasteiger charge is -2.11. The molecular weight excluding hydrogens is 210 g/mol. The Labute approximate surface area is 103 Å². The Hall–Kier alpha value is -1.61. The van der Waals surface area contributed by atoms with E-state index in [1.165, 1.54) is 11.1 Å². The second-order valence-corrected chi connectivity index (χ2v) is 4.22. The average Bonchev–Trinajstić information content (AvgIpc) is 2.74. The molecule has 0 aliphatic heterocycles. The summed E-state index contributed by atoms with van der Waals surface area (Å²) in [5.41, 5.74) is 2.79. The van der Waals surface area contributed by atoms with E-state index in [4.69, 9.17) is 0 Å². The maximum absolute atomic E-state index is 4.26. The van der Waals surface area contributed by atoms with Crippen LogP contribution in [0.1, 0.15) is 17.0 Å². The standard InChI is InChI=1S/C14H19N3/c1-12-16-9-10-17(12)11-14-6-4-3-5-13(14)7-8-15-2/h3-6,9-10,15H,7-8,11H2,1-2H3. The summed E-state index contributed by atoms with van der Waals surface area (Å²) in [6.07, 6.45) is 4.95. The SMILES string of the molecule is CNCCc1ccccc1Cn1ccnc1C. The average molecular weight is 229 g/mol. The number of aromatic nitrogens is 2. The summed E-state index contributed by atoms with van der Waals surface area (Å²) in [6, 6.07) is 8.61. The fourth-order valence-corrected chi connectivity index (χ4v) is 1.97. The van der Waals surface area contributed by atoms with Gasteiger partial charge in [-0.3, -0.25) is 0 Å². The van der Waals surface area contributed by atoms with Crippen molar-refractivity contribution in [3.63, 3.8) is 0 Å². The molecular formula is C14H19N3. The van der Waals surface area contributed by atoms with Crippen molar-refractivity contribution < 1.29 is 0 Å². The molecule has 0 atom stereocenters. The molecule has 1 aromatic carbocycles. The maximum Gasteiger partial charge on any atom is 0.105 e. The second kappa shape index (κ2) is 5.64. The van der Waals surface area contributed by atoms with Gasteiger partial charge in [0.05, 0.1) is 0 Å². The van der Waals surface area contributed by atoms with Crippen LogP contribution in [0.5, 0.6) is 0 Å². The summed E-state index contributed by atoms with van der Waals surface area (Å²) in [5, 5.41) is 3.19. The number of rotatable bonds is 5. The number of benzene rings is 1. The van der Waals surface area contributed by atoms with Crippen molar-refractivity contribution in [2.75, 3.05) is 13.6 Å². The van der Waals surface area contributed by atoms with E-state index in [1.807, 2.05) is 26.4 Å². The minimum Gasteiger partial charge on any atom is -0.331 e. The van der Waals surface area contributed by atoms with Crippen molar-refractivity contribution in [1.29, 1.82) is 0 Å². The van der Waals surface area contributed by atoms with Gasteiger partial charge in [-0.05, 0) is 38.1 Å². The second-order valence-electron chi connectivity index (χ2n) is 4.22. The van der Waals surface area contributed by atoms with E-state index in [9.17, 15) is 0 Å². The van der Waals surface area contributed by atoms with Crippen molar-refractivity contribution in [3.05, 3.63) is 53.6 Å². The highest BCUT2D eigenvalue weighted by Gasteiger charge is 2.03. The number of hydrogen-bond donors (Lipinski definition) is 1. The van der Waals surface area contributed by atoms with Crippen LogP contribution in [-0.2, 0) is 13.0 Å². The van der Waals surface area contributed by atoms with E-state index >= 15 is 0 Å². The molecule has 0 unspecified atom stereocenters. The molecule has 90 valence electrons. The van der Waals surface area contributed by atoms with Gasteiger partial charge < -0.3 is 9.88 Å². The Morgan fingerprint density at radius 3 is 2.65 bits per heavy atom. The molecule has 1 heterocycles. The third-order valence-electron chi connectivity index (χ3n) is 3.03. The van der Waals surface area contributed by atoms with Gasteiger partial charge in [0.1, 0.15) is 5.82 Å². The molecule has 0 saturated heterocycles. The van der Waals surface area contributed by atoms with E-state index in [-0.39, 0.29) is 0 Å². The zero-order valence-electron chi connectivity index (χ0n) is 10.5. The highest BCUT2D eigenvalue weighted by atomic mass is 15.0. The number of aryl methyl sites for hydroxylation is 1. The number of nitrogens with zero attached hydrogens (tertiary/aromatic N) is 2. The Kier molecular flexibility index (Phi) is 3.94. The molecule has 3 nitrogen and oxygen atoms in total. The first-order chi connectivity index (χ1) is 8.31. The number of nitrogens with one attached hydrogen (secondary N) is 1. The van der Waals surface area contributed by atoms with Crippen LogP contribution in [0.4, 0.5) is 0 Å². The predicted molar refractivity (Wildman–Crippen MR) is 70.1 cm³/mol. The minimum absolute atomic E-state index is 0.908. The molecule has 3 heteroatoms. The molecule has 0 amide bonds. The number of hydrogen-bond acceptors (Lipinski definition) is 2. The van der Waals surface area contributed by atoms with Gasteiger partial charge in [-0.1, -0.05) is 24.3 Å². The van der Waals surface area contributed by atoms with Crippen LogP contribution in [0.15, 0.2) is 36.7 Å². The molecule has 2 aromatic rings. The molecule has 2 rings (SSSR count). The van der Waals surface area contributed by atoms with Gasteiger partial charge in [0, 0.05) is 18.9 Å². The number of likely N-dealkylation sites (N-methyl/N-ethyl adjacent to an activating group) is 1. The maximum atomic E-state index is 4.26. The van der Waals surface area contributed by atoms with Crippen molar-refractivity contribution in [3.8, 4) is 0 Å². The van der Waals surface area contributed by atoms with Gasteiger partial charge in [0.25, 0.3) is 0 Å². The predicted octanol–water partition coefficient (Wildman–Crippen LogP) is 2.00. The van der Waals surface area contributed by atoms with Crippen LogP contribution in [0.3, 0.4) is 0 Å². The van der Waals surface area contributed by atoms with Gasteiger partial charge in [0.2, 0.25) is 0 Å². The summed E-state index contributed by atoms with van der Waals surface area (Å²) in [6.45, 7) is 3.96. The van der Waals surface area contributed by atoms with Crippen LogP contribution in [-0.4, -0.2) is 23.1 Å². The quantitative estimate of drug-likeness (QED) is 0.850. The minimum atomic E-state index is 0.908. The summed E-state index contributed by atoms with van der Waals surface area (Å²) < 4.78 is 2.18. The Morgan fingerprint density at radius 1 is 1.24 bits per heavy atom. The Balaban J connectivity index is 2.17. The molecule has 0 bridgehead atoms. The molecule has 1 aromatic heterocycles. The Bertz CT molecular complexity index is 474. The normalized spacial score (nSPS) is 10.7. The van der Waals surface area contributed by atoms with E-state index < -0.39 is 0 Å². The van der Waals surface area contributed by atoms with Crippen molar-refractivity contribution in [1.82, 2.24) is 14.9 Å². The van der Waals surface area contributed by atoms with Gasteiger partial charge in [-0.25, -0.2) is 4.98 Å². The van der Waals surface area contributed by atoms with Gasteiger partial charge >= 0.3 is 0 Å². The lowest BCUT2D eigenvalue weighted by atomic mass is 10.0. The first-order valence-corrected chi connectivity index (χ1v) is 6.00. The van der Waals surface area contributed by atoms with Crippen LogP contribution in [0.2, 0.25) is 0 Å². The van der Waals surface area contributed by atoms with E-state index in [0.29, 0.717) is 0 Å². The van der Waals surface area contributed by atoms with E-state index in [1.54, 1.807) is 0 Å². The molecule has 0 aliphatic carbocycles. The van der Waals surface area contributed by atoms with Crippen LogP contribution in [0.25, 0.3) is 0 Å². The molecule has 0 saturated carbocycles. The van der Waals surface area contributed by atoms with Gasteiger partial charge in [0.15, 0.2) is 0 Å². The fourth-order valence-electron chi connectivity index (χ4n) is 1.97. The fraction of sp³-hybridized carbons (Fsp3) is 0.357. The molecule has 0 aliphatic rings. The Morgan fingerprint density at radius 2 is 2.00 bits per heavy atom. The summed E-state index contributed by atoms with van der Waals surface area (Å²) in [4.78, 5) is 4.26. The highest BCUT2D eigenvalue weighted by molar-refractivity contribution is 5.28. The summed E-state index contributed by atoms with van der Waals surface area (Å²) in [5.74, 6) is 1.06. The third kappa shape index (κ3) is 2.94. The zero-order chi connectivity index (χ0) is 12.1. The largest absolute Gasteiger partial charge is 0.331 e. The molecule has 0 fully saturated rings. The lowest BCUT2D eigenvalue weighted by molar-refractivity contribution is 0.737. The third-order valence-corrected chi connectivity index (χ3v) is 3.03. The molecule has 0 spiro atoms. The first-order valence-electron chi connectivity index (χ1n) is 6.00. The summed E-state index contributed by atoms with van der Waals surface area (Å²) >= 11 is 0. The van der Waals surface area contributed by atoms with E-state index in [0.717, 1.165) is 25.3 Å². The molecule has 17 heavy (non-hydrogen) atoms. The molecule has 0 radical (unpaired) electrons. The zero-order valence-corrected chi connectivity index (χ0v) is 10.5.